The monoisotopic (exact) mass is 397 g/mol. The molecule has 156 valence electrons. The maximum absolute atomic E-state index is 13.1. The molecule has 0 heterocycles. The van der Waals surface area contributed by atoms with Crippen LogP contribution in [0.3, 0.4) is 0 Å². The summed E-state index contributed by atoms with van der Waals surface area (Å²) in [4.78, 5) is 17.6. The molecule has 2 rings (SSSR count). The Kier molecular flexibility index (Phi) is 9.22. The van der Waals surface area contributed by atoms with Crippen molar-refractivity contribution in [3.63, 3.8) is 0 Å². The second-order valence-corrected chi connectivity index (χ2v) is 6.79. The van der Waals surface area contributed by atoms with Crippen LogP contribution in [0.4, 0.5) is 0 Å². The number of benzene rings is 2. The van der Waals surface area contributed by atoms with E-state index in [1.54, 1.807) is 25.5 Å². The van der Waals surface area contributed by atoms with Gasteiger partial charge in [0.1, 0.15) is 22.8 Å². The van der Waals surface area contributed by atoms with Gasteiger partial charge < -0.3 is 14.2 Å². The van der Waals surface area contributed by atoms with Gasteiger partial charge in [-0.3, -0.25) is 4.99 Å². The quantitative estimate of drug-likeness (QED) is 0.214. The third kappa shape index (κ3) is 6.34. The number of ether oxygens (including phenoxy) is 3. The number of hydrogen-bond donors (Lipinski definition) is 0. The predicted molar refractivity (Wildman–Crippen MR) is 117 cm³/mol. The first kappa shape index (κ1) is 22.5. The van der Waals surface area contributed by atoms with Crippen LogP contribution in [0, 0.1) is 6.92 Å². The summed E-state index contributed by atoms with van der Waals surface area (Å²) in [5.74, 6) is 1.11. The van der Waals surface area contributed by atoms with Crippen LogP contribution in [0.15, 0.2) is 41.4 Å². The Morgan fingerprint density at radius 3 is 2.48 bits per heavy atom. The van der Waals surface area contributed by atoms with Gasteiger partial charge in [0.15, 0.2) is 0 Å². The van der Waals surface area contributed by atoms with E-state index in [1.165, 1.54) is 0 Å². The first-order valence-corrected chi connectivity index (χ1v) is 10.2. The smallest absolute Gasteiger partial charge is 0.347 e. The van der Waals surface area contributed by atoms with Crippen LogP contribution in [-0.4, -0.2) is 32.4 Å². The van der Waals surface area contributed by atoms with E-state index >= 15 is 0 Å². The average molecular weight is 398 g/mol. The van der Waals surface area contributed by atoms with Crippen molar-refractivity contribution in [3.8, 4) is 17.2 Å². The van der Waals surface area contributed by atoms with Crippen molar-refractivity contribution in [3.05, 3.63) is 53.1 Å². The van der Waals surface area contributed by atoms with Gasteiger partial charge in [-0.1, -0.05) is 44.9 Å². The van der Waals surface area contributed by atoms with Crippen LogP contribution in [-0.2, 0) is 0 Å². The van der Waals surface area contributed by atoms with E-state index < -0.39 is 5.97 Å². The normalized spacial score (nSPS) is 10.9. The molecule has 0 aliphatic rings. The van der Waals surface area contributed by atoms with Crippen LogP contribution < -0.4 is 14.2 Å². The maximum Gasteiger partial charge on any atom is 0.347 e. The number of nitrogens with zero attached hydrogens (tertiary/aromatic N) is 1. The fourth-order valence-electron chi connectivity index (χ4n) is 2.84. The van der Waals surface area contributed by atoms with E-state index in [1.807, 2.05) is 31.2 Å². The second-order valence-electron chi connectivity index (χ2n) is 6.79. The Balaban J connectivity index is 2.48. The van der Waals surface area contributed by atoms with Crippen LogP contribution in [0.25, 0.3) is 0 Å². The van der Waals surface area contributed by atoms with Crippen molar-refractivity contribution < 1.29 is 19.0 Å². The molecule has 0 spiro atoms. The van der Waals surface area contributed by atoms with E-state index in [9.17, 15) is 4.79 Å². The van der Waals surface area contributed by atoms with Crippen molar-refractivity contribution in [1.29, 1.82) is 0 Å². The molecule has 0 bridgehead atoms. The number of methoxy groups -OCH3 is 1. The minimum Gasteiger partial charge on any atom is -0.496 e. The highest BCUT2D eigenvalue weighted by atomic mass is 16.5. The predicted octanol–water partition coefficient (Wildman–Crippen LogP) is 5.62. The largest absolute Gasteiger partial charge is 0.496 e. The first-order valence-electron chi connectivity index (χ1n) is 10.2. The molecule has 0 atom stereocenters. The fourth-order valence-corrected chi connectivity index (χ4v) is 2.84. The number of carbonyl (C=O) groups excluding carboxylic acids is 1. The van der Waals surface area contributed by atoms with Gasteiger partial charge >= 0.3 is 5.97 Å². The number of aliphatic imine (C=N–C) groups is 1. The van der Waals surface area contributed by atoms with Crippen molar-refractivity contribution in [2.45, 2.75) is 46.5 Å². The van der Waals surface area contributed by atoms with Gasteiger partial charge in [0.05, 0.1) is 13.7 Å². The summed E-state index contributed by atoms with van der Waals surface area (Å²) >= 11 is 0. The number of rotatable bonds is 11. The molecule has 2 aromatic rings. The Labute approximate surface area is 173 Å². The topological polar surface area (TPSA) is 57.1 Å². The molecule has 2 aromatic carbocycles. The zero-order valence-electron chi connectivity index (χ0n) is 17.9. The van der Waals surface area contributed by atoms with Gasteiger partial charge in [0.2, 0.25) is 0 Å². The Morgan fingerprint density at radius 1 is 1.10 bits per heavy atom. The van der Waals surface area contributed by atoms with Gasteiger partial charge in [-0.2, -0.15) is 0 Å². The van der Waals surface area contributed by atoms with E-state index in [-0.39, 0.29) is 0 Å². The molecule has 0 radical (unpaired) electrons. The second kappa shape index (κ2) is 11.9. The van der Waals surface area contributed by atoms with Crippen LogP contribution >= 0.6 is 0 Å². The Morgan fingerprint density at radius 2 is 1.83 bits per heavy atom. The van der Waals surface area contributed by atoms with Gasteiger partial charge in [0.25, 0.3) is 0 Å². The summed E-state index contributed by atoms with van der Waals surface area (Å²) in [5, 5.41) is 0. The number of esters is 1. The Hall–Kier alpha value is -2.82. The summed E-state index contributed by atoms with van der Waals surface area (Å²) in [6.07, 6.45) is 5.74. The summed E-state index contributed by atoms with van der Waals surface area (Å²) in [5.41, 5.74) is 1.78. The van der Waals surface area contributed by atoms with Crippen molar-refractivity contribution >= 4 is 12.2 Å². The zero-order chi connectivity index (χ0) is 21.1. The number of carbonyl (C=O) groups is 1. The van der Waals surface area contributed by atoms with E-state index in [0.29, 0.717) is 35.0 Å². The molecule has 5 nitrogen and oxygen atoms in total. The molecular formula is C24H31NO4. The van der Waals surface area contributed by atoms with E-state index in [0.717, 1.165) is 37.8 Å². The summed E-state index contributed by atoms with van der Waals surface area (Å²) in [7, 11) is 1.59. The molecule has 0 amide bonds. The highest BCUT2D eigenvalue weighted by Gasteiger charge is 2.24. The first-order chi connectivity index (χ1) is 14.1. The minimum absolute atomic E-state index is 0.376. The van der Waals surface area contributed by atoms with Gasteiger partial charge in [-0.15, -0.1) is 0 Å². The molecule has 0 unspecified atom stereocenters. The molecule has 0 aromatic heterocycles. The molecule has 0 saturated carbocycles. The van der Waals surface area contributed by atoms with Crippen LogP contribution in [0.2, 0.25) is 0 Å². The molecule has 5 heteroatoms. The van der Waals surface area contributed by atoms with Crippen LogP contribution in [0.5, 0.6) is 17.2 Å². The molecule has 0 aliphatic carbocycles. The minimum atomic E-state index is -0.470. The summed E-state index contributed by atoms with van der Waals surface area (Å²) < 4.78 is 17.2. The molecule has 0 saturated heterocycles. The summed E-state index contributed by atoms with van der Waals surface area (Å²) in [6.45, 7) is 7.31. The highest BCUT2D eigenvalue weighted by Crippen LogP contribution is 2.34. The molecule has 29 heavy (non-hydrogen) atoms. The van der Waals surface area contributed by atoms with E-state index in [4.69, 9.17) is 14.2 Å². The van der Waals surface area contributed by atoms with Gasteiger partial charge in [-0.05, 0) is 38.0 Å². The number of para-hydroxylation sites is 1. The highest BCUT2D eigenvalue weighted by molar-refractivity contribution is 6.00. The molecular weight excluding hydrogens is 366 g/mol. The Bertz CT molecular complexity index is 815. The van der Waals surface area contributed by atoms with E-state index in [2.05, 4.69) is 18.8 Å². The molecule has 0 aliphatic heterocycles. The lowest BCUT2D eigenvalue weighted by molar-refractivity contribution is 0.0728. The van der Waals surface area contributed by atoms with Crippen molar-refractivity contribution in [2.75, 3.05) is 20.3 Å². The number of unbranched alkanes of at least 4 members (excludes halogenated alkanes) is 2. The van der Waals surface area contributed by atoms with Gasteiger partial charge in [-0.25, -0.2) is 4.79 Å². The zero-order valence-corrected chi connectivity index (χ0v) is 17.9. The summed E-state index contributed by atoms with van der Waals surface area (Å²) in [6, 6.07) is 10.9. The van der Waals surface area contributed by atoms with Crippen molar-refractivity contribution in [1.82, 2.24) is 0 Å². The standard InChI is InChI=1S/C24H31NO4/c1-5-7-14-25-17-19-16-21(27-4)18(3)22(23(19)28-15-8-6-2)24(26)29-20-12-10-9-11-13-20/h9-13,16-17H,5-8,14-15H2,1-4H3. The lowest BCUT2D eigenvalue weighted by Gasteiger charge is -2.18. The molecule has 0 N–H and O–H groups in total. The van der Waals surface area contributed by atoms with Gasteiger partial charge in [0, 0.05) is 23.9 Å². The third-order valence-corrected chi connectivity index (χ3v) is 4.51. The van der Waals surface area contributed by atoms with Crippen LogP contribution in [0.1, 0.15) is 61.0 Å². The number of hydrogen-bond acceptors (Lipinski definition) is 5. The average Bonchev–Trinajstić information content (AvgIpc) is 2.73. The maximum atomic E-state index is 13.1. The SMILES string of the molecule is CCCCN=Cc1cc(OC)c(C)c(C(=O)Oc2ccccc2)c1OCCCC. The molecule has 0 fully saturated rings. The lowest BCUT2D eigenvalue weighted by Crippen LogP contribution is -2.15. The lowest BCUT2D eigenvalue weighted by atomic mass is 10.0. The van der Waals surface area contributed by atoms with Crippen molar-refractivity contribution in [2.24, 2.45) is 4.99 Å². The fraction of sp³-hybridized carbons (Fsp3) is 0.417. The third-order valence-electron chi connectivity index (χ3n) is 4.51.